The summed E-state index contributed by atoms with van der Waals surface area (Å²) >= 11 is 1.26. The van der Waals surface area contributed by atoms with Gasteiger partial charge < -0.3 is 14.6 Å². The van der Waals surface area contributed by atoms with Crippen LogP contribution in [-0.4, -0.2) is 38.0 Å². The number of rotatable bonds is 8. The minimum atomic E-state index is -0.527. The molecule has 1 amide bonds. The van der Waals surface area contributed by atoms with E-state index in [1.54, 1.807) is 6.92 Å². The van der Waals surface area contributed by atoms with Crippen LogP contribution in [0.25, 0.3) is 0 Å². The van der Waals surface area contributed by atoms with Crippen molar-refractivity contribution in [3.05, 3.63) is 70.0 Å². The van der Waals surface area contributed by atoms with Crippen LogP contribution in [0.4, 0.5) is 11.4 Å². The Balaban J connectivity index is 1.69. The lowest BCUT2D eigenvalue weighted by Crippen LogP contribution is -2.23. The van der Waals surface area contributed by atoms with E-state index in [1.807, 2.05) is 41.9 Å². The molecule has 1 N–H and O–H groups in total. The molecule has 0 aliphatic heterocycles. The normalized spacial score (nSPS) is 11.7. The number of benzene rings is 2. The van der Waals surface area contributed by atoms with Crippen LogP contribution in [0.2, 0.25) is 0 Å². The summed E-state index contributed by atoms with van der Waals surface area (Å²) in [6.07, 6.45) is 0.635. The standard InChI is InChI=1S/C20H21N5O4S/c1-13(19(26)21-16-12-15(25(27)28)9-10-17(16)29-3)30-20-23-22-18(24(20)2)11-14-7-5-4-6-8-14/h4-10,12-13H,11H2,1-3H3,(H,21,26)/t13-/m1/s1. The van der Waals surface area contributed by atoms with E-state index in [9.17, 15) is 14.9 Å². The zero-order valence-electron chi connectivity index (χ0n) is 16.7. The van der Waals surface area contributed by atoms with Gasteiger partial charge in [0.05, 0.1) is 23.0 Å². The minimum absolute atomic E-state index is 0.134. The Hall–Kier alpha value is -3.40. The fourth-order valence-corrected chi connectivity index (χ4v) is 3.57. The Bertz CT molecular complexity index is 1050. The first-order chi connectivity index (χ1) is 14.4. The molecule has 0 radical (unpaired) electrons. The molecular weight excluding hydrogens is 406 g/mol. The van der Waals surface area contributed by atoms with Gasteiger partial charge in [-0.3, -0.25) is 14.9 Å². The maximum absolute atomic E-state index is 12.7. The Kier molecular flexibility index (Phi) is 6.68. The SMILES string of the molecule is COc1ccc([N+](=O)[O-])cc1NC(=O)[C@@H](C)Sc1nnc(Cc2ccccc2)n1C. The second-order valence-corrected chi connectivity index (χ2v) is 7.82. The van der Waals surface area contributed by atoms with Gasteiger partial charge in [-0.05, 0) is 18.6 Å². The van der Waals surface area contributed by atoms with Crippen LogP contribution >= 0.6 is 11.8 Å². The van der Waals surface area contributed by atoms with Crippen molar-refractivity contribution in [1.29, 1.82) is 0 Å². The third-order valence-corrected chi connectivity index (χ3v) is 5.57. The molecule has 1 aromatic heterocycles. The monoisotopic (exact) mass is 427 g/mol. The van der Waals surface area contributed by atoms with E-state index in [2.05, 4.69) is 15.5 Å². The zero-order valence-corrected chi connectivity index (χ0v) is 17.5. The quantitative estimate of drug-likeness (QED) is 0.333. The lowest BCUT2D eigenvalue weighted by Gasteiger charge is -2.14. The predicted octanol–water partition coefficient (Wildman–Crippen LogP) is 3.44. The summed E-state index contributed by atoms with van der Waals surface area (Å²) in [6, 6.07) is 14.0. The molecule has 2 aromatic carbocycles. The number of nitrogens with zero attached hydrogens (tertiary/aromatic N) is 4. The van der Waals surface area contributed by atoms with E-state index >= 15 is 0 Å². The first-order valence-electron chi connectivity index (χ1n) is 9.11. The maximum atomic E-state index is 12.7. The number of nitro groups is 1. The number of non-ortho nitro benzene ring substituents is 1. The summed E-state index contributed by atoms with van der Waals surface area (Å²) in [7, 11) is 3.29. The fourth-order valence-electron chi connectivity index (χ4n) is 2.73. The molecule has 0 saturated carbocycles. The van der Waals surface area contributed by atoms with Crippen molar-refractivity contribution in [3.63, 3.8) is 0 Å². The summed E-state index contributed by atoms with van der Waals surface area (Å²) in [6.45, 7) is 1.73. The molecule has 0 fully saturated rings. The topological polar surface area (TPSA) is 112 Å². The summed E-state index contributed by atoms with van der Waals surface area (Å²) in [5.74, 6) is 0.804. The predicted molar refractivity (Wildman–Crippen MR) is 114 cm³/mol. The average Bonchev–Trinajstić information content (AvgIpc) is 3.07. The van der Waals surface area contributed by atoms with Gasteiger partial charge in [0.2, 0.25) is 5.91 Å². The molecule has 0 spiro atoms. The molecule has 9 nitrogen and oxygen atoms in total. The number of amides is 1. The number of anilines is 1. The van der Waals surface area contributed by atoms with Crippen molar-refractivity contribution in [2.45, 2.75) is 23.8 Å². The van der Waals surface area contributed by atoms with Crippen LogP contribution in [0.15, 0.2) is 53.7 Å². The van der Waals surface area contributed by atoms with E-state index in [4.69, 9.17) is 4.74 Å². The highest BCUT2D eigenvalue weighted by Gasteiger charge is 2.21. The van der Waals surface area contributed by atoms with Gasteiger partial charge in [0.1, 0.15) is 11.6 Å². The van der Waals surface area contributed by atoms with Gasteiger partial charge >= 0.3 is 0 Å². The molecule has 0 saturated heterocycles. The van der Waals surface area contributed by atoms with Gasteiger partial charge in [-0.1, -0.05) is 42.1 Å². The van der Waals surface area contributed by atoms with Crippen LogP contribution in [0.3, 0.4) is 0 Å². The minimum Gasteiger partial charge on any atom is -0.495 e. The Labute approximate surface area is 177 Å². The number of thioether (sulfide) groups is 1. The number of nitro benzene ring substituents is 1. The highest BCUT2D eigenvalue weighted by molar-refractivity contribution is 8.00. The van der Waals surface area contributed by atoms with Crippen LogP contribution in [-0.2, 0) is 18.3 Å². The summed E-state index contributed by atoms with van der Waals surface area (Å²) in [4.78, 5) is 23.1. The molecule has 3 rings (SSSR count). The van der Waals surface area contributed by atoms with Crippen LogP contribution in [0, 0.1) is 10.1 Å². The molecule has 30 heavy (non-hydrogen) atoms. The number of carbonyl (C=O) groups is 1. The summed E-state index contributed by atoms with van der Waals surface area (Å²) in [5, 5.41) is 22.2. The zero-order chi connectivity index (χ0) is 21.7. The highest BCUT2D eigenvalue weighted by atomic mass is 32.2. The molecule has 0 aliphatic carbocycles. The number of aromatic nitrogens is 3. The lowest BCUT2D eigenvalue weighted by molar-refractivity contribution is -0.384. The second kappa shape index (κ2) is 9.40. The highest BCUT2D eigenvalue weighted by Crippen LogP contribution is 2.30. The molecule has 0 unspecified atom stereocenters. The number of carbonyl (C=O) groups excluding carboxylic acids is 1. The fraction of sp³-hybridized carbons (Fsp3) is 0.250. The lowest BCUT2D eigenvalue weighted by atomic mass is 10.1. The molecule has 3 aromatic rings. The van der Waals surface area contributed by atoms with Crippen LogP contribution < -0.4 is 10.1 Å². The molecule has 10 heteroatoms. The van der Waals surface area contributed by atoms with Crippen molar-refractivity contribution in [1.82, 2.24) is 14.8 Å². The van der Waals surface area contributed by atoms with Gasteiger partial charge in [-0.25, -0.2) is 0 Å². The van der Waals surface area contributed by atoms with Crippen LogP contribution in [0.1, 0.15) is 18.3 Å². The molecule has 0 aliphatic rings. The number of nitrogens with one attached hydrogen (secondary N) is 1. The summed E-state index contributed by atoms with van der Waals surface area (Å²) < 4.78 is 7.04. The first kappa shape index (κ1) is 21.3. The van der Waals surface area contributed by atoms with Crippen molar-refractivity contribution in [3.8, 4) is 5.75 Å². The number of hydrogen-bond acceptors (Lipinski definition) is 7. The summed E-state index contributed by atoms with van der Waals surface area (Å²) in [5.41, 5.74) is 1.23. The van der Waals surface area contributed by atoms with Gasteiger partial charge in [0.25, 0.3) is 5.69 Å². The van der Waals surface area contributed by atoms with Crippen LogP contribution in [0.5, 0.6) is 5.75 Å². The van der Waals surface area contributed by atoms with E-state index < -0.39 is 10.2 Å². The maximum Gasteiger partial charge on any atom is 0.271 e. The Morgan fingerprint density at radius 2 is 2.00 bits per heavy atom. The molecule has 156 valence electrons. The van der Waals surface area contributed by atoms with E-state index in [1.165, 1.54) is 37.1 Å². The number of ether oxygens (including phenoxy) is 1. The van der Waals surface area contributed by atoms with Gasteiger partial charge in [0, 0.05) is 25.6 Å². The van der Waals surface area contributed by atoms with Gasteiger partial charge in [-0.2, -0.15) is 0 Å². The van der Waals surface area contributed by atoms with Gasteiger partial charge in [0.15, 0.2) is 5.16 Å². The van der Waals surface area contributed by atoms with Crippen molar-refractivity contribution in [2.24, 2.45) is 7.05 Å². The smallest absolute Gasteiger partial charge is 0.271 e. The number of hydrogen-bond donors (Lipinski definition) is 1. The average molecular weight is 427 g/mol. The Morgan fingerprint density at radius 1 is 1.27 bits per heavy atom. The Morgan fingerprint density at radius 3 is 2.67 bits per heavy atom. The third kappa shape index (κ3) is 4.95. The van der Waals surface area contributed by atoms with Crippen molar-refractivity contribution >= 4 is 29.0 Å². The van der Waals surface area contributed by atoms with E-state index in [0.29, 0.717) is 17.3 Å². The van der Waals surface area contributed by atoms with E-state index in [-0.39, 0.29) is 17.3 Å². The molecule has 0 bridgehead atoms. The second-order valence-electron chi connectivity index (χ2n) is 6.51. The molecular formula is C20H21N5O4S. The largest absolute Gasteiger partial charge is 0.495 e. The number of methoxy groups -OCH3 is 1. The molecule has 1 heterocycles. The first-order valence-corrected chi connectivity index (χ1v) is 9.99. The third-order valence-electron chi connectivity index (χ3n) is 4.43. The van der Waals surface area contributed by atoms with Crippen molar-refractivity contribution in [2.75, 3.05) is 12.4 Å². The molecule has 1 atom stereocenters. The van der Waals surface area contributed by atoms with E-state index in [0.717, 1.165) is 11.4 Å². The van der Waals surface area contributed by atoms with Gasteiger partial charge in [-0.15, -0.1) is 10.2 Å². The van der Waals surface area contributed by atoms with Crippen molar-refractivity contribution < 1.29 is 14.5 Å².